The molecule has 0 bridgehead atoms. The van der Waals surface area contributed by atoms with Gasteiger partial charge >= 0.3 is 0 Å². The smallest absolute Gasteiger partial charge is 0.222 e. The van der Waals surface area contributed by atoms with Gasteiger partial charge in [0.25, 0.3) is 0 Å². The molecule has 1 heterocycles. The quantitative estimate of drug-likeness (QED) is 0.709. The Labute approximate surface area is 96.0 Å². The molecule has 0 aliphatic heterocycles. The molecule has 1 unspecified atom stereocenters. The summed E-state index contributed by atoms with van der Waals surface area (Å²) in [6.45, 7) is 3.20. The van der Waals surface area contributed by atoms with Crippen molar-refractivity contribution >= 4 is 5.91 Å². The summed E-state index contributed by atoms with van der Waals surface area (Å²) in [5, 5.41) is 6.96. The van der Waals surface area contributed by atoms with E-state index in [1.807, 2.05) is 12.3 Å². The lowest BCUT2D eigenvalue weighted by molar-refractivity contribution is -0.122. The van der Waals surface area contributed by atoms with Gasteiger partial charge < -0.3 is 11.1 Å². The lowest BCUT2D eigenvalue weighted by Gasteiger charge is -2.15. The standard InChI is InChI=1S/C11H20N4O/c1-2-4-10(9-12)14-11(16)5-8-15-7-3-6-13-15/h3,6-7,10H,2,4-5,8-9,12H2,1H3,(H,14,16). The molecule has 0 aromatic carbocycles. The highest BCUT2D eigenvalue weighted by atomic mass is 16.1. The second-order valence-corrected chi connectivity index (χ2v) is 3.81. The maximum Gasteiger partial charge on any atom is 0.222 e. The summed E-state index contributed by atoms with van der Waals surface area (Å²) in [6, 6.07) is 1.95. The normalized spacial score (nSPS) is 12.4. The number of carbonyl (C=O) groups excluding carboxylic acids is 1. The van der Waals surface area contributed by atoms with Crippen LogP contribution in [-0.4, -0.2) is 28.3 Å². The van der Waals surface area contributed by atoms with Gasteiger partial charge in [0.2, 0.25) is 5.91 Å². The van der Waals surface area contributed by atoms with Crippen molar-refractivity contribution in [3.63, 3.8) is 0 Å². The Hall–Kier alpha value is -1.36. The number of nitrogens with two attached hydrogens (primary N) is 1. The van der Waals surface area contributed by atoms with Gasteiger partial charge in [-0.25, -0.2) is 0 Å². The Balaban J connectivity index is 2.24. The van der Waals surface area contributed by atoms with Crippen molar-refractivity contribution in [2.24, 2.45) is 5.73 Å². The molecule has 1 rings (SSSR count). The summed E-state index contributed by atoms with van der Waals surface area (Å²) in [5.74, 6) is 0.0411. The molecule has 1 atom stereocenters. The minimum Gasteiger partial charge on any atom is -0.352 e. The lowest BCUT2D eigenvalue weighted by Crippen LogP contribution is -2.40. The molecular formula is C11H20N4O. The molecule has 16 heavy (non-hydrogen) atoms. The predicted octanol–water partition coefficient (Wildman–Crippen LogP) is 0.517. The van der Waals surface area contributed by atoms with Crippen LogP contribution in [0.4, 0.5) is 0 Å². The van der Waals surface area contributed by atoms with Crippen molar-refractivity contribution in [1.82, 2.24) is 15.1 Å². The molecule has 3 N–H and O–H groups in total. The van der Waals surface area contributed by atoms with Gasteiger partial charge in [0.05, 0.1) is 0 Å². The van der Waals surface area contributed by atoms with Crippen molar-refractivity contribution in [1.29, 1.82) is 0 Å². The fraction of sp³-hybridized carbons (Fsp3) is 0.636. The van der Waals surface area contributed by atoms with Gasteiger partial charge in [-0.1, -0.05) is 13.3 Å². The molecule has 0 aliphatic rings. The molecule has 5 heteroatoms. The SMILES string of the molecule is CCCC(CN)NC(=O)CCn1cccn1. The maximum atomic E-state index is 11.6. The molecule has 1 aromatic heterocycles. The predicted molar refractivity (Wildman–Crippen MR) is 62.7 cm³/mol. The van der Waals surface area contributed by atoms with Gasteiger partial charge in [-0.2, -0.15) is 5.10 Å². The summed E-state index contributed by atoms with van der Waals surface area (Å²) in [7, 11) is 0. The second-order valence-electron chi connectivity index (χ2n) is 3.81. The minimum absolute atomic E-state index is 0.0411. The zero-order valence-electron chi connectivity index (χ0n) is 9.72. The molecule has 0 saturated heterocycles. The van der Waals surface area contributed by atoms with Crippen molar-refractivity contribution in [3.8, 4) is 0 Å². The van der Waals surface area contributed by atoms with Crippen LogP contribution in [0.15, 0.2) is 18.5 Å². The first kappa shape index (κ1) is 12.7. The number of nitrogens with zero attached hydrogens (tertiary/aromatic N) is 2. The van der Waals surface area contributed by atoms with Crippen molar-refractivity contribution in [2.45, 2.75) is 38.8 Å². The van der Waals surface area contributed by atoms with Gasteiger partial charge in [0.15, 0.2) is 0 Å². The molecule has 1 amide bonds. The number of amides is 1. The first-order valence-corrected chi connectivity index (χ1v) is 5.73. The topological polar surface area (TPSA) is 72.9 Å². The summed E-state index contributed by atoms with van der Waals surface area (Å²) in [6.07, 6.45) is 5.96. The van der Waals surface area contributed by atoms with Crippen LogP contribution in [0.2, 0.25) is 0 Å². The molecule has 0 radical (unpaired) electrons. The number of aryl methyl sites for hydroxylation is 1. The number of hydrogen-bond donors (Lipinski definition) is 2. The van der Waals surface area contributed by atoms with E-state index in [1.54, 1.807) is 10.9 Å². The van der Waals surface area contributed by atoms with Crippen molar-refractivity contribution in [2.75, 3.05) is 6.54 Å². The van der Waals surface area contributed by atoms with E-state index in [1.165, 1.54) is 0 Å². The third-order valence-corrected chi connectivity index (χ3v) is 2.41. The van der Waals surface area contributed by atoms with Gasteiger partial charge in [-0.05, 0) is 12.5 Å². The zero-order chi connectivity index (χ0) is 11.8. The van der Waals surface area contributed by atoms with E-state index in [4.69, 9.17) is 5.73 Å². The van der Waals surface area contributed by atoms with Crippen LogP contribution in [-0.2, 0) is 11.3 Å². The Kier molecular flexibility index (Phi) is 5.56. The van der Waals surface area contributed by atoms with Crippen LogP contribution in [0.25, 0.3) is 0 Å². The Morgan fingerprint density at radius 3 is 3.00 bits per heavy atom. The Bertz CT molecular complexity index is 297. The van der Waals surface area contributed by atoms with E-state index in [9.17, 15) is 4.79 Å². The van der Waals surface area contributed by atoms with Gasteiger partial charge in [-0.15, -0.1) is 0 Å². The number of hydrogen-bond acceptors (Lipinski definition) is 3. The molecular weight excluding hydrogens is 204 g/mol. The second kappa shape index (κ2) is 7.00. The highest BCUT2D eigenvalue weighted by Gasteiger charge is 2.09. The van der Waals surface area contributed by atoms with Crippen LogP contribution in [0.1, 0.15) is 26.2 Å². The molecule has 90 valence electrons. The monoisotopic (exact) mass is 224 g/mol. The van der Waals surface area contributed by atoms with Crippen molar-refractivity contribution in [3.05, 3.63) is 18.5 Å². The summed E-state index contributed by atoms with van der Waals surface area (Å²) < 4.78 is 1.75. The average molecular weight is 224 g/mol. The van der Waals surface area contributed by atoms with Gasteiger partial charge in [0, 0.05) is 37.9 Å². The molecule has 0 aliphatic carbocycles. The van der Waals surface area contributed by atoms with Crippen LogP contribution in [0, 0.1) is 0 Å². The van der Waals surface area contributed by atoms with E-state index in [2.05, 4.69) is 17.3 Å². The van der Waals surface area contributed by atoms with Gasteiger partial charge in [-0.3, -0.25) is 9.48 Å². The highest BCUT2D eigenvalue weighted by Crippen LogP contribution is 1.96. The molecule has 0 spiro atoms. The minimum atomic E-state index is 0.0411. The van der Waals surface area contributed by atoms with Gasteiger partial charge in [0.1, 0.15) is 0 Å². The zero-order valence-corrected chi connectivity index (χ0v) is 9.72. The molecule has 1 aromatic rings. The van der Waals surface area contributed by atoms with Crippen molar-refractivity contribution < 1.29 is 4.79 Å². The Morgan fingerprint density at radius 1 is 1.62 bits per heavy atom. The van der Waals surface area contributed by atoms with Crippen LogP contribution in [0.5, 0.6) is 0 Å². The molecule has 0 saturated carbocycles. The number of rotatable bonds is 7. The molecule has 5 nitrogen and oxygen atoms in total. The highest BCUT2D eigenvalue weighted by molar-refractivity contribution is 5.76. The van der Waals surface area contributed by atoms with E-state index in [-0.39, 0.29) is 11.9 Å². The third-order valence-electron chi connectivity index (χ3n) is 2.41. The number of carbonyl (C=O) groups is 1. The molecule has 0 fully saturated rings. The van der Waals surface area contributed by atoms with E-state index < -0.39 is 0 Å². The average Bonchev–Trinajstić information content (AvgIpc) is 2.78. The first-order chi connectivity index (χ1) is 7.76. The maximum absolute atomic E-state index is 11.6. The largest absolute Gasteiger partial charge is 0.352 e. The van der Waals surface area contributed by atoms with Crippen LogP contribution in [0.3, 0.4) is 0 Å². The van der Waals surface area contributed by atoms with E-state index >= 15 is 0 Å². The number of aromatic nitrogens is 2. The Morgan fingerprint density at radius 2 is 2.44 bits per heavy atom. The van der Waals surface area contributed by atoms with E-state index in [0.29, 0.717) is 19.5 Å². The fourth-order valence-corrected chi connectivity index (χ4v) is 1.55. The first-order valence-electron chi connectivity index (χ1n) is 5.73. The number of nitrogens with one attached hydrogen (secondary N) is 1. The fourth-order valence-electron chi connectivity index (χ4n) is 1.55. The summed E-state index contributed by atoms with van der Waals surface area (Å²) >= 11 is 0. The lowest BCUT2D eigenvalue weighted by atomic mass is 10.1. The summed E-state index contributed by atoms with van der Waals surface area (Å²) in [5.41, 5.74) is 5.57. The third kappa shape index (κ3) is 4.44. The van der Waals surface area contributed by atoms with Crippen LogP contribution >= 0.6 is 0 Å². The van der Waals surface area contributed by atoms with E-state index in [0.717, 1.165) is 12.8 Å². The van der Waals surface area contributed by atoms with Crippen LogP contribution < -0.4 is 11.1 Å². The summed E-state index contributed by atoms with van der Waals surface area (Å²) in [4.78, 5) is 11.6.